The molecule has 0 amide bonds. The van der Waals surface area contributed by atoms with Gasteiger partial charge in [0.15, 0.2) is 6.29 Å². The third-order valence-corrected chi connectivity index (χ3v) is 5.23. The minimum Gasteiger partial charge on any atom is -0.367 e. The molecular formula is C28H24O2. The van der Waals surface area contributed by atoms with Gasteiger partial charge in [-0.05, 0) is 44.8 Å². The molecule has 0 aromatic heterocycles. The Hall–Kier alpha value is -3.46. The molecule has 0 bridgehead atoms. The van der Waals surface area contributed by atoms with Crippen molar-refractivity contribution in [3.05, 3.63) is 132 Å². The molecule has 2 heteroatoms. The zero-order chi connectivity index (χ0) is 20.8. The quantitative estimate of drug-likeness (QED) is 0.287. The first-order chi connectivity index (χ1) is 14.7. The molecule has 5 rings (SSSR count). The van der Waals surface area contributed by atoms with E-state index < -0.39 is 6.29 Å². The molecule has 0 heterocycles. The lowest BCUT2D eigenvalue weighted by Gasteiger charge is -2.19. The van der Waals surface area contributed by atoms with Gasteiger partial charge in [0.1, 0.15) is 0 Å². The standard InChI is InChI=1S/C14H14O2.C14H10/c15-14(16)13(11-7-3-1-4-8-11)12-9-5-2-6-10-12;1-2-6-12-10-14-8-4-3-7-13(14)9-11(12)5-1/h1-10,13-16H;1-10H. The lowest BCUT2D eigenvalue weighted by atomic mass is 9.91. The van der Waals surface area contributed by atoms with E-state index >= 15 is 0 Å². The van der Waals surface area contributed by atoms with Crippen molar-refractivity contribution in [1.82, 2.24) is 0 Å². The van der Waals surface area contributed by atoms with Crippen LogP contribution in [0.25, 0.3) is 21.5 Å². The van der Waals surface area contributed by atoms with E-state index in [1.165, 1.54) is 21.5 Å². The highest BCUT2D eigenvalue weighted by atomic mass is 16.5. The molecule has 0 aliphatic carbocycles. The topological polar surface area (TPSA) is 40.5 Å². The summed E-state index contributed by atoms with van der Waals surface area (Å²) in [6.45, 7) is 0. The van der Waals surface area contributed by atoms with Gasteiger partial charge in [-0.25, -0.2) is 0 Å². The SMILES string of the molecule is OC(O)C(c1ccccc1)c1ccccc1.c1ccc2cc3ccccc3cc2c1. The highest BCUT2D eigenvalue weighted by molar-refractivity contribution is 5.98. The molecule has 5 aromatic carbocycles. The predicted octanol–water partition coefficient (Wildman–Crippen LogP) is 6.12. The summed E-state index contributed by atoms with van der Waals surface area (Å²) in [5.74, 6) is -0.387. The number of benzene rings is 5. The normalized spacial score (nSPS) is 10.9. The van der Waals surface area contributed by atoms with Gasteiger partial charge >= 0.3 is 0 Å². The summed E-state index contributed by atoms with van der Waals surface area (Å²) in [7, 11) is 0. The van der Waals surface area contributed by atoms with Crippen molar-refractivity contribution in [2.45, 2.75) is 12.2 Å². The van der Waals surface area contributed by atoms with Crippen LogP contribution in [0.3, 0.4) is 0 Å². The van der Waals surface area contributed by atoms with Crippen molar-refractivity contribution in [3.63, 3.8) is 0 Å². The first kappa shape index (κ1) is 19.8. The van der Waals surface area contributed by atoms with Gasteiger partial charge in [0, 0.05) is 0 Å². The number of hydrogen-bond donors (Lipinski definition) is 2. The Bertz CT molecular complexity index is 1070. The fraction of sp³-hybridized carbons (Fsp3) is 0.0714. The number of fused-ring (bicyclic) bond motifs is 2. The maximum absolute atomic E-state index is 9.47. The van der Waals surface area contributed by atoms with Crippen LogP contribution in [0.4, 0.5) is 0 Å². The second-order valence-corrected chi connectivity index (χ2v) is 7.26. The van der Waals surface area contributed by atoms with Crippen LogP contribution in [0, 0.1) is 0 Å². The Morgan fingerprint density at radius 3 is 1.00 bits per heavy atom. The molecule has 0 radical (unpaired) electrons. The van der Waals surface area contributed by atoms with E-state index in [0.717, 1.165) is 11.1 Å². The Labute approximate surface area is 176 Å². The van der Waals surface area contributed by atoms with E-state index in [4.69, 9.17) is 0 Å². The summed E-state index contributed by atoms with van der Waals surface area (Å²) >= 11 is 0. The third kappa shape index (κ3) is 4.57. The molecule has 0 aliphatic rings. The zero-order valence-electron chi connectivity index (χ0n) is 16.6. The van der Waals surface area contributed by atoms with E-state index in [1.807, 2.05) is 60.7 Å². The fourth-order valence-corrected chi connectivity index (χ4v) is 3.74. The summed E-state index contributed by atoms with van der Waals surface area (Å²) in [5.41, 5.74) is 1.81. The van der Waals surface area contributed by atoms with Crippen molar-refractivity contribution in [1.29, 1.82) is 0 Å². The van der Waals surface area contributed by atoms with Gasteiger partial charge in [0.05, 0.1) is 5.92 Å². The van der Waals surface area contributed by atoms with Gasteiger partial charge in [-0.2, -0.15) is 0 Å². The number of aliphatic hydroxyl groups is 2. The lowest BCUT2D eigenvalue weighted by molar-refractivity contribution is -0.0512. The summed E-state index contributed by atoms with van der Waals surface area (Å²) in [4.78, 5) is 0. The molecule has 0 fully saturated rings. The summed E-state index contributed by atoms with van der Waals surface area (Å²) in [5, 5.41) is 24.2. The van der Waals surface area contributed by atoms with E-state index in [2.05, 4.69) is 60.7 Å². The van der Waals surface area contributed by atoms with E-state index in [-0.39, 0.29) is 5.92 Å². The summed E-state index contributed by atoms with van der Waals surface area (Å²) in [6.07, 6.45) is -1.38. The van der Waals surface area contributed by atoms with Crippen LogP contribution in [0.15, 0.2) is 121 Å². The van der Waals surface area contributed by atoms with Crippen molar-refractivity contribution < 1.29 is 10.2 Å². The first-order valence-corrected chi connectivity index (χ1v) is 10.1. The maximum atomic E-state index is 9.47. The van der Waals surface area contributed by atoms with Gasteiger partial charge in [-0.3, -0.25) is 0 Å². The Morgan fingerprint density at radius 1 is 0.400 bits per heavy atom. The van der Waals surface area contributed by atoms with Gasteiger partial charge in [-0.15, -0.1) is 0 Å². The van der Waals surface area contributed by atoms with Crippen LogP contribution in [0.1, 0.15) is 17.0 Å². The molecule has 0 atom stereocenters. The summed E-state index contributed by atoms with van der Waals surface area (Å²) < 4.78 is 0. The highest BCUT2D eigenvalue weighted by Crippen LogP contribution is 2.26. The van der Waals surface area contributed by atoms with Gasteiger partial charge in [0.25, 0.3) is 0 Å². The second-order valence-electron chi connectivity index (χ2n) is 7.26. The minimum atomic E-state index is -1.38. The van der Waals surface area contributed by atoms with Crippen molar-refractivity contribution in [2.24, 2.45) is 0 Å². The molecule has 2 N–H and O–H groups in total. The lowest BCUT2D eigenvalue weighted by Crippen LogP contribution is -2.18. The number of rotatable bonds is 3. The third-order valence-electron chi connectivity index (χ3n) is 5.23. The number of aliphatic hydroxyl groups excluding tert-OH is 1. The Balaban J connectivity index is 0.000000146. The molecule has 0 spiro atoms. The predicted molar refractivity (Wildman–Crippen MR) is 124 cm³/mol. The largest absolute Gasteiger partial charge is 0.367 e. The van der Waals surface area contributed by atoms with E-state index in [9.17, 15) is 10.2 Å². The fourth-order valence-electron chi connectivity index (χ4n) is 3.74. The van der Waals surface area contributed by atoms with E-state index in [1.54, 1.807) is 0 Å². The average molecular weight is 392 g/mol. The van der Waals surface area contributed by atoms with Gasteiger partial charge in [0.2, 0.25) is 0 Å². The molecular weight excluding hydrogens is 368 g/mol. The van der Waals surface area contributed by atoms with Crippen molar-refractivity contribution in [2.75, 3.05) is 0 Å². The summed E-state index contributed by atoms with van der Waals surface area (Å²) in [6, 6.07) is 40.4. The molecule has 2 nitrogen and oxygen atoms in total. The highest BCUT2D eigenvalue weighted by Gasteiger charge is 2.20. The van der Waals surface area contributed by atoms with Crippen LogP contribution in [-0.4, -0.2) is 16.5 Å². The first-order valence-electron chi connectivity index (χ1n) is 10.1. The number of hydrogen-bond acceptors (Lipinski definition) is 2. The Kier molecular flexibility index (Phi) is 6.19. The van der Waals surface area contributed by atoms with Crippen LogP contribution in [-0.2, 0) is 0 Å². The minimum absolute atomic E-state index is 0.387. The zero-order valence-corrected chi connectivity index (χ0v) is 16.6. The second kappa shape index (κ2) is 9.36. The maximum Gasteiger partial charge on any atom is 0.162 e. The van der Waals surface area contributed by atoms with Crippen molar-refractivity contribution >= 4 is 21.5 Å². The van der Waals surface area contributed by atoms with Crippen LogP contribution in [0.5, 0.6) is 0 Å². The van der Waals surface area contributed by atoms with Crippen LogP contribution in [0.2, 0.25) is 0 Å². The van der Waals surface area contributed by atoms with E-state index in [0.29, 0.717) is 0 Å². The molecule has 148 valence electrons. The van der Waals surface area contributed by atoms with Crippen molar-refractivity contribution in [3.8, 4) is 0 Å². The van der Waals surface area contributed by atoms with Gasteiger partial charge < -0.3 is 10.2 Å². The molecule has 0 unspecified atom stereocenters. The molecule has 30 heavy (non-hydrogen) atoms. The van der Waals surface area contributed by atoms with Gasteiger partial charge in [-0.1, -0.05) is 109 Å². The molecule has 0 saturated carbocycles. The molecule has 5 aromatic rings. The Morgan fingerprint density at radius 2 is 0.700 bits per heavy atom. The monoisotopic (exact) mass is 392 g/mol. The molecule has 0 aliphatic heterocycles. The molecule has 0 saturated heterocycles. The average Bonchev–Trinajstić information content (AvgIpc) is 2.79. The van der Waals surface area contributed by atoms with Crippen LogP contribution < -0.4 is 0 Å². The smallest absolute Gasteiger partial charge is 0.162 e. The van der Waals surface area contributed by atoms with Crippen LogP contribution >= 0.6 is 0 Å².